The Morgan fingerprint density at radius 1 is 1.23 bits per heavy atom. The van der Waals surface area contributed by atoms with Gasteiger partial charge >= 0.3 is 0 Å². The van der Waals surface area contributed by atoms with E-state index < -0.39 is 0 Å². The molecule has 1 N–H and O–H groups in total. The zero-order valence-electron chi connectivity index (χ0n) is 14.7. The second kappa shape index (κ2) is 8.58. The molecule has 2 aromatic rings. The molecule has 26 heavy (non-hydrogen) atoms. The highest BCUT2D eigenvalue weighted by molar-refractivity contribution is 8.04. The Balaban J connectivity index is 1.84. The lowest BCUT2D eigenvalue weighted by atomic mass is 10.0. The number of carbonyl (C=O) groups is 1. The molecule has 0 aromatic heterocycles. The standard InChI is InChI=1S/C20H20N2O3S/c1-14-19(26-12-11-25-14)20(23)22-18-6-4-3-5-17(18)16-9-7-15(8-10-16)13-21-24-2/h3-10,13H,11-12H2,1-2H3,(H,22,23). The van der Waals surface area contributed by atoms with Crippen LogP contribution < -0.4 is 5.32 Å². The van der Waals surface area contributed by atoms with Crippen molar-refractivity contribution >= 4 is 29.6 Å². The summed E-state index contributed by atoms with van der Waals surface area (Å²) in [5, 5.41) is 6.77. The molecule has 1 aliphatic heterocycles. The first-order valence-electron chi connectivity index (χ1n) is 8.23. The number of ether oxygens (including phenoxy) is 1. The van der Waals surface area contributed by atoms with E-state index in [4.69, 9.17) is 9.57 Å². The quantitative estimate of drug-likeness (QED) is 0.632. The molecule has 5 nitrogen and oxygen atoms in total. The number of carbonyl (C=O) groups excluding carboxylic acids is 1. The molecule has 0 atom stereocenters. The predicted octanol–water partition coefficient (Wildman–Crippen LogP) is 4.27. The maximum absolute atomic E-state index is 12.6. The van der Waals surface area contributed by atoms with Crippen LogP contribution in [0.2, 0.25) is 0 Å². The number of hydrogen-bond acceptors (Lipinski definition) is 5. The maximum Gasteiger partial charge on any atom is 0.265 e. The highest BCUT2D eigenvalue weighted by atomic mass is 32.2. The highest BCUT2D eigenvalue weighted by Gasteiger charge is 2.19. The smallest absolute Gasteiger partial charge is 0.265 e. The second-order valence-electron chi connectivity index (χ2n) is 5.62. The number of hydrogen-bond donors (Lipinski definition) is 1. The van der Waals surface area contributed by atoms with Crippen molar-refractivity contribution in [3.63, 3.8) is 0 Å². The van der Waals surface area contributed by atoms with Gasteiger partial charge in [-0.1, -0.05) is 47.6 Å². The summed E-state index contributed by atoms with van der Waals surface area (Å²) in [5.74, 6) is 1.33. The van der Waals surface area contributed by atoms with E-state index in [0.29, 0.717) is 17.3 Å². The van der Waals surface area contributed by atoms with Gasteiger partial charge in [0.15, 0.2) is 0 Å². The molecule has 0 bridgehead atoms. The molecule has 1 aliphatic rings. The summed E-state index contributed by atoms with van der Waals surface area (Å²) >= 11 is 1.53. The minimum atomic E-state index is -0.136. The van der Waals surface area contributed by atoms with Gasteiger partial charge in [0.2, 0.25) is 0 Å². The molecule has 0 radical (unpaired) electrons. The summed E-state index contributed by atoms with van der Waals surface area (Å²) in [6.07, 6.45) is 1.65. The average Bonchev–Trinajstić information content (AvgIpc) is 2.67. The van der Waals surface area contributed by atoms with Gasteiger partial charge in [-0.25, -0.2) is 0 Å². The molecular formula is C20H20N2O3S. The monoisotopic (exact) mass is 368 g/mol. The third kappa shape index (κ3) is 4.26. The number of nitrogens with zero attached hydrogens (tertiary/aromatic N) is 1. The van der Waals surface area contributed by atoms with E-state index in [-0.39, 0.29) is 5.91 Å². The Morgan fingerprint density at radius 3 is 2.73 bits per heavy atom. The number of oxime groups is 1. The fourth-order valence-corrected chi connectivity index (χ4v) is 3.43. The lowest BCUT2D eigenvalue weighted by Gasteiger charge is -2.18. The van der Waals surface area contributed by atoms with E-state index in [9.17, 15) is 4.79 Å². The van der Waals surface area contributed by atoms with Crippen molar-refractivity contribution < 1.29 is 14.4 Å². The molecular weight excluding hydrogens is 348 g/mol. The highest BCUT2D eigenvalue weighted by Crippen LogP contribution is 2.31. The first kappa shape index (κ1) is 18.1. The summed E-state index contributed by atoms with van der Waals surface area (Å²) in [4.78, 5) is 18.0. The molecule has 6 heteroatoms. The van der Waals surface area contributed by atoms with Crippen molar-refractivity contribution in [3.05, 3.63) is 64.8 Å². The Hall–Kier alpha value is -2.73. The van der Waals surface area contributed by atoms with Crippen LogP contribution in [0.15, 0.2) is 64.4 Å². The summed E-state index contributed by atoms with van der Waals surface area (Å²) in [6, 6.07) is 15.6. The lowest BCUT2D eigenvalue weighted by Crippen LogP contribution is -2.18. The number of nitrogens with one attached hydrogen (secondary N) is 1. The van der Waals surface area contributed by atoms with Gasteiger partial charge in [-0.2, -0.15) is 0 Å². The van der Waals surface area contributed by atoms with Crippen molar-refractivity contribution in [2.75, 3.05) is 24.8 Å². The molecule has 0 saturated heterocycles. The number of allylic oxidation sites excluding steroid dienone is 1. The van der Waals surface area contributed by atoms with Gasteiger partial charge in [-0.15, -0.1) is 11.8 Å². The van der Waals surface area contributed by atoms with Gasteiger partial charge in [-0.3, -0.25) is 4.79 Å². The van der Waals surface area contributed by atoms with Gasteiger partial charge < -0.3 is 14.9 Å². The maximum atomic E-state index is 12.6. The number of para-hydroxylation sites is 1. The minimum Gasteiger partial charge on any atom is -0.496 e. The van der Waals surface area contributed by atoms with E-state index in [0.717, 1.165) is 28.1 Å². The second-order valence-corrected chi connectivity index (χ2v) is 6.73. The number of benzene rings is 2. The number of amides is 1. The topological polar surface area (TPSA) is 59.9 Å². The zero-order valence-corrected chi connectivity index (χ0v) is 15.5. The molecule has 0 spiro atoms. The normalized spacial score (nSPS) is 14.2. The molecule has 3 rings (SSSR count). The van der Waals surface area contributed by atoms with Crippen LogP contribution in [0.4, 0.5) is 5.69 Å². The van der Waals surface area contributed by atoms with E-state index in [1.54, 1.807) is 6.21 Å². The summed E-state index contributed by atoms with van der Waals surface area (Å²) in [5.41, 5.74) is 3.67. The first-order chi connectivity index (χ1) is 12.7. The molecule has 134 valence electrons. The first-order valence-corrected chi connectivity index (χ1v) is 9.21. The van der Waals surface area contributed by atoms with E-state index in [1.807, 2.05) is 55.5 Å². The third-order valence-corrected chi connectivity index (χ3v) is 5.01. The van der Waals surface area contributed by atoms with Crippen molar-refractivity contribution in [1.82, 2.24) is 0 Å². The summed E-state index contributed by atoms with van der Waals surface area (Å²) in [7, 11) is 1.51. The SMILES string of the molecule is CON=Cc1ccc(-c2ccccc2NC(=O)C2=C(C)OCCS2)cc1. The lowest BCUT2D eigenvalue weighted by molar-refractivity contribution is -0.112. The zero-order chi connectivity index (χ0) is 18.4. The molecule has 1 heterocycles. The van der Waals surface area contributed by atoms with Crippen LogP contribution in [0, 0.1) is 0 Å². The van der Waals surface area contributed by atoms with Crippen LogP contribution in [0.3, 0.4) is 0 Å². The summed E-state index contributed by atoms with van der Waals surface area (Å²) < 4.78 is 5.48. The Labute approximate surface area is 157 Å². The Kier molecular flexibility index (Phi) is 5.96. The van der Waals surface area contributed by atoms with Gasteiger partial charge in [0.05, 0.1) is 12.8 Å². The van der Waals surface area contributed by atoms with Gasteiger partial charge in [0.1, 0.15) is 17.8 Å². The van der Waals surface area contributed by atoms with Crippen LogP contribution >= 0.6 is 11.8 Å². The largest absolute Gasteiger partial charge is 0.496 e. The van der Waals surface area contributed by atoms with Crippen LogP contribution in [-0.2, 0) is 14.4 Å². The fraction of sp³-hybridized carbons (Fsp3) is 0.200. The molecule has 2 aromatic carbocycles. The molecule has 0 saturated carbocycles. The number of thioether (sulfide) groups is 1. The Morgan fingerprint density at radius 2 is 2.00 bits per heavy atom. The van der Waals surface area contributed by atoms with Gasteiger partial charge in [0.25, 0.3) is 5.91 Å². The number of anilines is 1. The van der Waals surface area contributed by atoms with E-state index in [1.165, 1.54) is 18.9 Å². The van der Waals surface area contributed by atoms with E-state index >= 15 is 0 Å². The van der Waals surface area contributed by atoms with E-state index in [2.05, 4.69) is 10.5 Å². The molecule has 0 unspecified atom stereocenters. The van der Waals surface area contributed by atoms with Crippen molar-refractivity contribution in [2.45, 2.75) is 6.92 Å². The van der Waals surface area contributed by atoms with Gasteiger partial charge in [0, 0.05) is 17.0 Å². The average molecular weight is 368 g/mol. The van der Waals surface area contributed by atoms with Crippen LogP contribution in [0.25, 0.3) is 11.1 Å². The minimum absolute atomic E-state index is 0.136. The van der Waals surface area contributed by atoms with Crippen molar-refractivity contribution in [2.24, 2.45) is 5.16 Å². The fourth-order valence-electron chi connectivity index (χ4n) is 2.62. The molecule has 0 aliphatic carbocycles. The predicted molar refractivity (Wildman–Crippen MR) is 106 cm³/mol. The summed E-state index contributed by atoms with van der Waals surface area (Å²) in [6.45, 7) is 2.47. The number of rotatable bonds is 5. The van der Waals surface area contributed by atoms with Crippen LogP contribution in [0.5, 0.6) is 0 Å². The van der Waals surface area contributed by atoms with Crippen LogP contribution in [-0.4, -0.2) is 31.6 Å². The van der Waals surface area contributed by atoms with Gasteiger partial charge in [-0.05, 0) is 24.1 Å². The Bertz CT molecular complexity index is 844. The molecule has 1 amide bonds. The van der Waals surface area contributed by atoms with Crippen molar-refractivity contribution in [3.8, 4) is 11.1 Å². The van der Waals surface area contributed by atoms with Crippen LogP contribution in [0.1, 0.15) is 12.5 Å². The molecule has 0 fully saturated rings. The third-order valence-electron chi connectivity index (χ3n) is 3.88. The van der Waals surface area contributed by atoms with Crippen molar-refractivity contribution in [1.29, 1.82) is 0 Å².